The van der Waals surface area contributed by atoms with E-state index in [-0.39, 0.29) is 5.82 Å². The Morgan fingerprint density at radius 1 is 1.14 bits per heavy atom. The number of hydrogen-bond donors (Lipinski definition) is 1. The van der Waals surface area contributed by atoms with Crippen LogP contribution in [-0.4, -0.2) is 19.1 Å². The van der Waals surface area contributed by atoms with Crippen LogP contribution in [0.5, 0.6) is 0 Å². The fraction of sp³-hybridized carbons (Fsp3) is 0.667. The largest absolute Gasteiger partial charge is 0.369 e. The van der Waals surface area contributed by atoms with Crippen molar-refractivity contribution in [3.05, 3.63) is 29.6 Å². The van der Waals surface area contributed by atoms with Crippen LogP contribution in [0, 0.1) is 11.7 Å². The van der Waals surface area contributed by atoms with Gasteiger partial charge < -0.3 is 10.2 Å². The number of hydrogen-bond acceptors (Lipinski definition) is 2. The number of rotatable bonds is 5. The van der Waals surface area contributed by atoms with Gasteiger partial charge in [-0.2, -0.15) is 0 Å². The molecule has 0 heterocycles. The monoisotopic (exact) mass is 290 g/mol. The summed E-state index contributed by atoms with van der Waals surface area (Å²) in [7, 11) is 2.07. The summed E-state index contributed by atoms with van der Waals surface area (Å²) in [6.45, 7) is 3.11. The highest BCUT2D eigenvalue weighted by Crippen LogP contribution is 2.33. The van der Waals surface area contributed by atoms with E-state index in [0.717, 1.165) is 23.7 Å². The van der Waals surface area contributed by atoms with Gasteiger partial charge in [0.15, 0.2) is 0 Å². The molecule has 0 atom stereocenters. The van der Waals surface area contributed by atoms with Crippen molar-refractivity contribution in [2.24, 2.45) is 5.92 Å². The lowest BCUT2D eigenvalue weighted by Gasteiger charge is -2.36. The molecule has 3 heteroatoms. The molecule has 0 saturated heterocycles. The summed E-state index contributed by atoms with van der Waals surface area (Å²) >= 11 is 0. The first-order valence-electron chi connectivity index (χ1n) is 8.38. The van der Waals surface area contributed by atoms with Crippen LogP contribution < -0.4 is 10.2 Å². The first-order chi connectivity index (χ1) is 10.1. The third-order valence-electron chi connectivity index (χ3n) is 5.11. The van der Waals surface area contributed by atoms with Gasteiger partial charge in [-0.15, -0.1) is 0 Å². The second-order valence-electron chi connectivity index (χ2n) is 6.93. The predicted molar refractivity (Wildman–Crippen MR) is 86.1 cm³/mol. The van der Waals surface area contributed by atoms with E-state index in [4.69, 9.17) is 0 Å². The Morgan fingerprint density at radius 2 is 1.86 bits per heavy atom. The number of para-hydroxylation sites is 1. The van der Waals surface area contributed by atoms with E-state index in [1.165, 1.54) is 38.5 Å². The van der Waals surface area contributed by atoms with Crippen LogP contribution in [0.15, 0.2) is 18.2 Å². The Kier molecular flexibility index (Phi) is 4.48. The van der Waals surface area contributed by atoms with Crippen molar-refractivity contribution in [3.8, 4) is 0 Å². The molecule has 1 aromatic rings. The van der Waals surface area contributed by atoms with Crippen molar-refractivity contribution in [2.45, 2.75) is 64.1 Å². The third-order valence-corrected chi connectivity index (χ3v) is 5.11. The molecule has 2 aliphatic carbocycles. The fourth-order valence-electron chi connectivity index (χ4n) is 3.45. The lowest BCUT2D eigenvalue weighted by atomic mass is 9.86. The Hall–Kier alpha value is -1.09. The van der Waals surface area contributed by atoms with Gasteiger partial charge in [-0.3, -0.25) is 0 Å². The lowest BCUT2D eigenvalue weighted by Crippen LogP contribution is -2.36. The molecule has 0 amide bonds. The second kappa shape index (κ2) is 6.35. The van der Waals surface area contributed by atoms with E-state index in [2.05, 4.69) is 30.3 Å². The van der Waals surface area contributed by atoms with Crippen LogP contribution >= 0.6 is 0 Å². The molecule has 0 unspecified atom stereocenters. The van der Waals surface area contributed by atoms with Gasteiger partial charge in [0, 0.05) is 25.7 Å². The van der Waals surface area contributed by atoms with E-state index in [1.807, 2.05) is 6.07 Å². The maximum atomic E-state index is 14.4. The molecule has 2 nitrogen and oxygen atoms in total. The van der Waals surface area contributed by atoms with Crippen LogP contribution in [0.1, 0.15) is 51.0 Å². The molecular weight excluding hydrogens is 263 g/mol. The summed E-state index contributed by atoms with van der Waals surface area (Å²) < 4.78 is 14.4. The molecular formula is C18H27FN2. The van der Waals surface area contributed by atoms with Gasteiger partial charge >= 0.3 is 0 Å². The number of halogens is 1. The molecule has 0 bridgehead atoms. The summed E-state index contributed by atoms with van der Waals surface area (Å²) in [6, 6.07) is 6.63. The summed E-state index contributed by atoms with van der Waals surface area (Å²) in [5.41, 5.74) is 1.91. The zero-order valence-corrected chi connectivity index (χ0v) is 13.2. The topological polar surface area (TPSA) is 15.3 Å². The van der Waals surface area contributed by atoms with Gasteiger partial charge in [-0.05, 0) is 56.1 Å². The molecule has 2 fully saturated rings. The quantitative estimate of drug-likeness (QED) is 0.878. The van der Waals surface area contributed by atoms with Crippen molar-refractivity contribution in [1.29, 1.82) is 0 Å². The van der Waals surface area contributed by atoms with Gasteiger partial charge in [0.2, 0.25) is 0 Å². The third kappa shape index (κ3) is 3.57. The average Bonchev–Trinajstić information content (AvgIpc) is 3.29. The van der Waals surface area contributed by atoms with Crippen LogP contribution in [0.2, 0.25) is 0 Å². The summed E-state index contributed by atoms with van der Waals surface area (Å²) in [5.74, 6) is 0.748. The van der Waals surface area contributed by atoms with Crippen LogP contribution in [-0.2, 0) is 6.54 Å². The van der Waals surface area contributed by atoms with E-state index >= 15 is 0 Å². The second-order valence-corrected chi connectivity index (χ2v) is 6.93. The molecule has 2 saturated carbocycles. The van der Waals surface area contributed by atoms with Crippen molar-refractivity contribution < 1.29 is 4.39 Å². The molecule has 1 aromatic carbocycles. The van der Waals surface area contributed by atoms with E-state index in [9.17, 15) is 4.39 Å². The molecule has 0 radical (unpaired) electrons. The van der Waals surface area contributed by atoms with Gasteiger partial charge in [-0.1, -0.05) is 19.1 Å². The number of anilines is 1. The summed E-state index contributed by atoms with van der Waals surface area (Å²) in [5, 5.41) is 3.51. The normalized spacial score (nSPS) is 25.9. The van der Waals surface area contributed by atoms with Crippen molar-refractivity contribution in [3.63, 3.8) is 0 Å². The SMILES string of the molecule is CC1CCC(N(C)c2c(F)cccc2CNC2CC2)CC1. The average molecular weight is 290 g/mol. The first kappa shape index (κ1) is 14.8. The minimum absolute atomic E-state index is 0.0776. The molecule has 0 aliphatic heterocycles. The summed E-state index contributed by atoms with van der Waals surface area (Å²) in [4.78, 5) is 2.20. The maximum absolute atomic E-state index is 14.4. The molecule has 0 spiro atoms. The highest BCUT2D eigenvalue weighted by Gasteiger charge is 2.26. The highest BCUT2D eigenvalue weighted by molar-refractivity contribution is 5.55. The summed E-state index contributed by atoms with van der Waals surface area (Å²) in [6.07, 6.45) is 7.42. The van der Waals surface area contributed by atoms with Gasteiger partial charge in [0.25, 0.3) is 0 Å². The Labute approximate surface area is 127 Å². The smallest absolute Gasteiger partial charge is 0.146 e. The van der Waals surface area contributed by atoms with Gasteiger partial charge in [0.1, 0.15) is 5.82 Å². The molecule has 3 rings (SSSR count). The van der Waals surface area contributed by atoms with Crippen LogP contribution in [0.3, 0.4) is 0 Å². The lowest BCUT2D eigenvalue weighted by molar-refractivity contribution is 0.339. The maximum Gasteiger partial charge on any atom is 0.146 e. The Morgan fingerprint density at radius 3 is 2.52 bits per heavy atom. The van der Waals surface area contributed by atoms with Crippen LogP contribution in [0.4, 0.5) is 10.1 Å². The van der Waals surface area contributed by atoms with Gasteiger partial charge in [0.05, 0.1) is 5.69 Å². The number of nitrogens with zero attached hydrogens (tertiary/aromatic N) is 1. The highest BCUT2D eigenvalue weighted by atomic mass is 19.1. The standard InChI is InChI=1S/C18H27FN2/c1-13-6-10-16(11-7-13)21(2)18-14(4-3-5-17(18)19)12-20-15-8-9-15/h3-5,13,15-16,20H,6-12H2,1-2H3. The molecule has 2 aliphatic rings. The van der Waals surface area contributed by atoms with Crippen molar-refractivity contribution in [1.82, 2.24) is 5.32 Å². The first-order valence-corrected chi connectivity index (χ1v) is 8.38. The molecule has 0 aromatic heterocycles. The Bertz CT molecular complexity index is 476. The Balaban J connectivity index is 1.75. The van der Waals surface area contributed by atoms with E-state index < -0.39 is 0 Å². The van der Waals surface area contributed by atoms with Gasteiger partial charge in [-0.25, -0.2) is 4.39 Å². The minimum Gasteiger partial charge on any atom is -0.369 e. The molecule has 21 heavy (non-hydrogen) atoms. The van der Waals surface area contributed by atoms with Crippen molar-refractivity contribution in [2.75, 3.05) is 11.9 Å². The molecule has 1 N–H and O–H groups in total. The zero-order valence-electron chi connectivity index (χ0n) is 13.2. The van der Waals surface area contributed by atoms with Crippen LogP contribution in [0.25, 0.3) is 0 Å². The van der Waals surface area contributed by atoms with E-state index in [0.29, 0.717) is 12.1 Å². The fourth-order valence-corrected chi connectivity index (χ4v) is 3.45. The predicted octanol–water partition coefficient (Wildman–Crippen LogP) is 4.09. The van der Waals surface area contributed by atoms with Crippen molar-refractivity contribution >= 4 is 5.69 Å². The minimum atomic E-state index is -0.0776. The zero-order chi connectivity index (χ0) is 14.8. The van der Waals surface area contributed by atoms with E-state index in [1.54, 1.807) is 6.07 Å². The number of nitrogens with one attached hydrogen (secondary N) is 1. The number of benzene rings is 1. The molecule has 116 valence electrons.